The molecule has 1 aromatic rings. The zero-order chi connectivity index (χ0) is 17.2. The first-order chi connectivity index (χ1) is 11.5. The van der Waals surface area contributed by atoms with Gasteiger partial charge in [-0.25, -0.2) is 0 Å². The molecule has 0 aromatic heterocycles. The molecule has 1 saturated carbocycles. The second-order valence-corrected chi connectivity index (χ2v) is 7.36. The van der Waals surface area contributed by atoms with Gasteiger partial charge in [0.15, 0.2) is 0 Å². The smallest absolute Gasteiger partial charge is 0.256 e. The summed E-state index contributed by atoms with van der Waals surface area (Å²) >= 11 is 0. The number of hydrogen-bond donors (Lipinski definition) is 2. The highest BCUT2D eigenvalue weighted by molar-refractivity contribution is 5.97. The largest absolute Gasteiger partial charge is 0.380 e. The fourth-order valence-corrected chi connectivity index (χ4v) is 3.71. The number of carbonyl (C=O) groups is 1. The molecule has 0 bridgehead atoms. The van der Waals surface area contributed by atoms with Crippen LogP contribution in [0.2, 0.25) is 0 Å². The van der Waals surface area contributed by atoms with Crippen LogP contribution in [0, 0.1) is 0 Å². The number of benzene rings is 1. The highest BCUT2D eigenvalue weighted by atomic mass is 16.3. The molecule has 24 heavy (non-hydrogen) atoms. The van der Waals surface area contributed by atoms with Crippen LogP contribution in [0.15, 0.2) is 24.3 Å². The molecule has 0 radical (unpaired) electrons. The summed E-state index contributed by atoms with van der Waals surface area (Å²) in [5.74, 6) is -0.262. The van der Waals surface area contributed by atoms with Gasteiger partial charge in [0.1, 0.15) is 5.60 Å². The van der Waals surface area contributed by atoms with Crippen LogP contribution in [-0.4, -0.2) is 53.7 Å². The van der Waals surface area contributed by atoms with Crippen molar-refractivity contribution in [2.24, 2.45) is 0 Å². The van der Waals surface area contributed by atoms with E-state index in [2.05, 4.69) is 35.0 Å². The summed E-state index contributed by atoms with van der Waals surface area (Å²) in [6.07, 6.45) is 2.97. The molecule has 2 N–H and O–H groups in total. The summed E-state index contributed by atoms with van der Waals surface area (Å²) in [5, 5.41) is 13.3. The third-order valence-corrected chi connectivity index (χ3v) is 5.37. The lowest BCUT2D eigenvalue weighted by Gasteiger charge is -2.38. The second kappa shape index (κ2) is 7.11. The first-order valence-corrected chi connectivity index (χ1v) is 9.11. The van der Waals surface area contributed by atoms with Crippen molar-refractivity contribution in [1.29, 1.82) is 0 Å². The summed E-state index contributed by atoms with van der Waals surface area (Å²) < 4.78 is 0. The Labute approximate surface area is 144 Å². The first kappa shape index (κ1) is 17.2. The number of carbonyl (C=O) groups excluding carboxylic acids is 1. The van der Waals surface area contributed by atoms with E-state index in [1.165, 1.54) is 0 Å². The van der Waals surface area contributed by atoms with E-state index >= 15 is 0 Å². The maximum absolute atomic E-state index is 12.4. The van der Waals surface area contributed by atoms with Crippen LogP contribution in [0.25, 0.3) is 0 Å². The van der Waals surface area contributed by atoms with Gasteiger partial charge in [0, 0.05) is 43.6 Å². The van der Waals surface area contributed by atoms with Crippen LogP contribution >= 0.6 is 0 Å². The molecule has 1 aliphatic carbocycles. The van der Waals surface area contributed by atoms with Crippen molar-refractivity contribution in [2.75, 3.05) is 36.4 Å². The number of anilines is 2. The van der Waals surface area contributed by atoms with Crippen LogP contribution in [0.5, 0.6) is 0 Å². The van der Waals surface area contributed by atoms with Gasteiger partial charge in [0.2, 0.25) is 0 Å². The summed E-state index contributed by atoms with van der Waals surface area (Å²) in [7, 11) is 0. The molecule has 5 nitrogen and oxygen atoms in total. The molecule has 2 aliphatic rings. The molecule has 0 spiro atoms. The Morgan fingerprint density at radius 3 is 2.46 bits per heavy atom. The van der Waals surface area contributed by atoms with Crippen molar-refractivity contribution < 1.29 is 9.90 Å². The number of aliphatic hydroxyl groups is 1. The number of nitrogens with zero attached hydrogens (tertiary/aromatic N) is 2. The summed E-state index contributed by atoms with van der Waals surface area (Å²) in [5.41, 5.74) is 0.720. The minimum Gasteiger partial charge on any atom is -0.380 e. The Morgan fingerprint density at radius 2 is 1.83 bits per heavy atom. The summed E-state index contributed by atoms with van der Waals surface area (Å²) in [6, 6.07) is 8.55. The minimum atomic E-state index is -1.18. The normalized spacial score (nSPS) is 21.2. The predicted octanol–water partition coefficient (Wildman–Crippen LogP) is 2.46. The highest BCUT2D eigenvalue weighted by Crippen LogP contribution is 2.31. The molecule has 0 atom stereocenters. The molecule has 0 unspecified atom stereocenters. The maximum atomic E-state index is 12.4. The van der Waals surface area contributed by atoms with Crippen molar-refractivity contribution in [3.63, 3.8) is 0 Å². The zero-order valence-electron chi connectivity index (χ0n) is 14.8. The van der Waals surface area contributed by atoms with Crippen molar-refractivity contribution in [3.8, 4) is 0 Å². The molecule has 132 valence electrons. The maximum Gasteiger partial charge on any atom is 0.256 e. The van der Waals surface area contributed by atoms with Crippen LogP contribution in [0.4, 0.5) is 11.4 Å². The van der Waals surface area contributed by atoms with E-state index in [0.29, 0.717) is 18.9 Å². The lowest BCUT2D eigenvalue weighted by atomic mass is 10.0. The Balaban J connectivity index is 1.63. The summed E-state index contributed by atoms with van der Waals surface area (Å²) in [4.78, 5) is 17.2. The Hall–Kier alpha value is -1.59. The van der Waals surface area contributed by atoms with Gasteiger partial charge in [0.25, 0.3) is 5.91 Å². The molecular formula is C19H29N3O2. The molecule has 1 amide bonds. The third kappa shape index (κ3) is 3.73. The predicted molar refractivity (Wildman–Crippen MR) is 97.4 cm³/mol. The van der Waals surface area contributed by atoms with Gasteiger partial charge >= 0.3 is 0 Å². The lowest BCUT2D eigenvalue weighted by Crippen LogP contribution is -2.48. The van der Waals surface area contributed by atoms with Gasteiger partial charge < -0.3 is 15.3 Å². The zero-order valence-corrected chi connectivity index (χ0v) is 14.8. The second-order valence-electron chi connectivity index (χ2n) is 7.36. The van der Waals surface area contributed by atoms with E-state index in [1.54, 1.807) is 0 Å². The van der Waals surface area contributed by atoms with Crippen molar-refractivity contribution >= 4 is 17.3 Å². The highest BCUT2D eigenvalue weighted by Gasteiger charge is 2.38. The number of rotatable bonds is 4. The van der Waals surface area contributed by atoms with E-state index in [9.17, 15) is 9.90 Å². The molecular weight excluding hydrogens is 302 g/mol. The standard InChI is InChI=1S/C19H29N3O2/c1-15(2)21-10-12-22(13-11-21)17-7-5-6-16(14-17)20-18(23)19(24)8-3-4-9-19/h5-7,14-15,24H,3-4,8-13H2,1-2H3,(H,20,23). The van der Waals surface area contributed by atoms with Gasteiger partial charge in [0.05, 0.1) is 0 Å². The van der Waals surface area contributed by atoms with E-state index in [1.807, 2.05) is 18.2 Å². The van der Waals surface area contributed by atoms with Gasteiger partial charge in [-0.2, -0.15) is 0 Å². The van der Waals surface area contributed by atoms with Crippen LogP contribution in [-0.2, 0) is 4.79 Å². The third-order valence-electron chi connectivity index (χ3n) is 5.37. The number of nitrogens with one attached hydrogen (secondary N) is 1. The molecule has 1 aliphatic heterocycles. The van der Waals surface area contributed by atoms with E-state index in [-0.39, 0.29) is 5.91 Å². The molecule has 1 heterocycles. The molecule has 1 saturated heterocycles. The SMILES string of the molecule is CC(C)N1CCN(c2cccc(NC(=O)C3(O)CCCC3)c2)CC1. The molecule has 2 fully saturated rings. The van der Waals surface area contributed by atoms with Crippen molar-refractivity contribution in [2.45, 2.75) is 51.2 Å². The van der Waals surface area contributed by atoms with Gasteiger partial charge in [-0.05, 0) is 57.7 Å². The number of piperazine rings is 1. The van der Waals surface area contributed by atoms with E-state index in [0.717, 1.165) is 50.4 Å². The van der Waals surface area contributed by atoms with E-state index < -0.39 is 5.60 Å². The van der Waals surface area contributed by atoms with E-state index in [4.69, 9.17) is 0 Å². The first-order valence-electron chi connectivity index (χ1n) is 9.11. The van der Waals surface area contributed by atoms with Gasteiger partial charge in [-0.3, -0.25) is 9.69 Å². The van der Waals surface area contributed by atoms with Crippen LogP contribution in [0.3, 0.4) is 0 Å². The summed E-state index contributed by atoms with van der Waals surface area (Å²) in [6.45, 7) is 8.60. The minimum absolute atomic E-state index is 0.262. The number of hydrogen-bond acceptors (Lipinski definition) is 4. The Kier molecular flexibility index (Phi) is 5.11. The molecule has 3 rings (SSSR count). The number of amides is 1. The van der Waals surface area contributed by atoms with Gasteiger partial charge in [-0.15, -0.1) is 0 Å². The molecule has 5 heteroatoms. The topological polar surface area (TPSA) is 55.8 Å². The fraction of sp³-hybridized carbons (Fsp3) is 0.632. The molecule has 1 aromatic carbocycles. The Morgan fingerprint density at radius 1 is 1.17 bits per heavy atom. The fourth-order valence-electron chi connectivity index (χ4n) is 3.71. The van der Waals surface area contributed by atoms with Crippen molar-refractivity contribution in [1.82, 2.24) is 4.90 Å². The average molecular weight is 331 g/mol. The van der Waals surface area contributed by atoms with Crippen LogP contribution < -0.4 is 10.2 Å². The monoisotopic (exact) mass is 331 g/mol. The Bertz CT molecular complexity index is 574. The van der Waals surface area contributed by atoms with Crippen molar-refractivity contribution in [3.05, 3.63) is 24.3 Å². The average Bonchev–Trinajstić information content (AvgIpc) is 3.03. The quantitative estimate of drug-likeness (QED) is 0.890. The van der Waals surface area contributed by atoms with Crippen LogP contribution in [0.1, 0.15) is 39.5 Å². The van der Waals surface area contributed by atoms with Gasteiger partial charge in [-0.1, -0.05) is 6.07 Å². The lowest BCUT2D eigenvalue weighted by molar-refractivity contribution is -0.133.